The Hall–Kier alpha value is -11.7. The van der Waals surface area contributed by atoms with E-state index in [1.807, 2.05) is 0 Å². The van der Waals surface area contributed by atoms with Crippen molar-refractivity contribution in [2.75, 3.05) is 46.2 Å². The predicted molar refractivity (Wildman–Crippen MR) is 427 cm³/mol. The quantitative estimate of drug-likeness (QED) is 0.0846. The van der Waals surface area contributed by atoms with Gasteiger partial charge in [-0.25, -0.2) is 52.7 Å². The fourth-order valence-corrected chi connectivity index (χ4v) is 19.1. The van der Waals surface area contributed by atoms with Gasteiger partial charge in [0, 0.05) is 112 Å². The molecule has 0 amide bonds. The molecule has 13 heterocycles. The van der Waals surface area contributed by atoms with Crippen molar-refractivity contribution in [3.63, 3.8) is 0 Å². The van der Waals surface area contributed by atoms with Crippen LogP contribution in [0, 0.1) is 71.0 Å². The topological polar surface area (TPSA) is 492 Å². The van der Waals surface area contributed by atoms with E-state index in [-0.39, 0.29) is 211 Å². The summed E-state index contributed by atoms with van der Waals surface area (Å²) in [6, 6.07) is 0. The molecule has 38 heteroatoms. The highest BCUT2D eigenvalue weighted by molar-refractivity contribution is 5.93. The van der Waals surface area contributed by atoms with Crippen molar-refractivity contribution in [1.82, 2.24) is 0 Å². The van der Waals surface area contributed by atoms with Gasteiger partial charge in [-0.3, -0.25) is 33.6 Å². The Morgan fingerprint density at radius 3 is 1.32 bits per heavy atom. The Bertz CT molecular complexity index is 4580. The first kappa shape index (κ1) is 96.9. The van der Waals surface area contributed by atoms with Crippen LogP contribution in [-0.2, 0) is 181 Å². The summed E-state index contributed by atoms with van der Waals surface area (Å²) in [5.74, 6) is -5.99. The minimum absolute atomic E-state index is 0.0128. The molecule has 0 aromatic rings. The maximum atomic E-state index is 11.8. The molecule has 128 heavy (non-hydrogen) atoms. The van der Waals surface area contributed by atoms with Gasteiger partial charge in [0.05, 0.1) is 74.5 Å². The van der Waals surface area contributed by atoms with Crippen molar-refractivity contribution in [3.8, 4) is 0 Å². The second-order valence-electron chi connectivity index (χ2n) is 35.3. The molecular formula is C90H108O38. The highest BCUT2D eigenvalue weighted by Crippen LogP contribution is 2.58. The number of fused-ring (bicyclic) bond motifs is 13. The Balaban J connectivity index is 0.000000142. The van der Waals surface area contributed by atoms with Crippen LogP contribution in [-0.4, -0.2) is 245 Å². The SMILES string of the molecule is C=C(C)C(=O)OC12CC3CC(C1)OC(=O)C(C3)C2.C=C(C)C(=O)OC1C2CC3C(=O)OC1C3C2.C=C(C)C(=O)OC1CC2OC1C1C(=O)OCC21.C=C(C)C(=O)OC1CC2OC1C1COC(=O)C21.C=C(C)C(=O)OC1CCOC1=O.C=C(C)C(=O)OC1COC(=O)C1.C=C(C)C(=O)OCC(=O)OC1C2CC3C(=O)OC1C3C2.C=C(C)C(=O)OCC(=O)OC1COC(=O)C1. The molecule has 27 atom stereocenters. The molecule has 13 aliphatic heterocycles. The lowest BCUT2D eigenvalue weighted by atomic mass is 9.65. The summed E-state index contributed by atoms with van der Waals surface area (Å²) < 4.78 is 102. The Morgan fingerprint density at radius 1 is 0.367 bits per heavy atom. The average molecular weight is 1800 g/mol. The van der Waals surface area contributed by atoms with Crippen LogP contribution in [0.25, 0.3) is 0 Å². The number of esters is 18. The zero-order chi connectivity index (χ0) is 93.5. The lowest BCUT2D eigenvalue weighted by Gasteiger charge is -2.45. The normalized spacial score (nSPS) is 34.6. The molecule has 19 fully saturated rings. The fraction of sp³-hybridized carbons (Fsp3) is 0.622. The van der Waals surface area contributed by atoms with Gasteiger partial charge in [0.25, 0.3) is 0 Å². The van der Waals surface area contributed by atoms with Gasteiger partial charge in [-0.15, -0.1) is 0 Å². The second kappa shape index (κ2) is 41.2. The number of rotatable bonds is 20. The van der Waals surface area contributed by atoms with E-state index < -0.39 is 103 Å². The Kier molecular flexibility index (Phi) is 31.2. The zero-order valence-corrected chi connectivity index (χ0v) is 72.5. The van der Waals surface area contributed by atoms with Crippen LogP contribution in [0.3, 0.4) is 0 Å². The smallest absolute Gasteiger partial charge is 0.347 e. The van der Waals surface area contributed by atoms with Gasteiger partial charge in [-0.05, 0) is 106 Å². The van der Waals surface area contributed by atoms with Gasteiger partial charge in [0.15, 0.2) is 13.2 Å². The molecule has 0 N–H and O–H groups in total. The standard InChI is InChI=1S/C14H16O6.C14H18O4.2C12H14O5.C12H14O4.C10H12O6.2C8H10O4/c1-6(2)13(16)18-5-10(15)19-11-7-3-8-9(4-7)14(17)20-12(8)11;1-8(2)12(15)18-14-5-9-3-10(6-14)13(16)17-11(4-9)7-14;1-5(2)11(13)17-8-3-7-9-6(10(8)16-7)4-15-12(9)14;1-5(2)11(13)17-8-3-7-6-4-15-12(14)9(6)10(8)16-7;1-5(2)11(13)15-9-6-3-7-8(4-6)12(14)16-10(7)9;1-6(2)10(13)15-5-9(12)16-7-3-8(11)14-4-7;1-5(2)8(10)12-6-3-7(9)11-4-6;1-5(2)7(9)12-6-3-4-11-8(6)10/h7-9,11-12H,1,3-5H2,2H3;9-11H,1,3-7H2,2H3;2*6-10H,1,3-4H2,2H3;6-10H,1,3-4H2,2H3;7H,1,3-5H2,2H3;2*6H,1,3-4H2,2H3. The van der Waals surface area contributed by atoms with E-state index in [1.54, 1.807) is 34.6 Å². The van der Waals surface area contributed by atoms with E-state index >= 15 is 0 Å². The number of carbonyl (C=O) groups excluding carboxylic acids is 18. The van der Waals surface area contributed by atoms with Gasteiger partial charge < -0.3 is 94.7 Å². The molecule has 696 valence electrons. The van der Waals surface area contributed by atoms with E-state index in [1.165, 1.54) is 20.8 Å². The Morgan fingerprint density at radius 2 is 0.820 bits per heavy atom. The van der Waals surface area contributed by atoms with Gasteiger partial charge in [-0.2, -0.15) is 0 Å². The van der Waals surface area contributed by atoms with Crippen molar-refractivity contribution in [3.05, 3.63) is 97.2 Å². The van der Waals surface area contributed by atoms with Crippen LogP contribution in [0.1, 0.15) is 145 Å². The van der Waals surface area contributed by atoms with Crippen molar-refractivity contribution in [2.45, 2.75) is 236 Å². The summed E-state index contributed by atoms with van der Waals surface area (Å²) in [6.07, 6.45) is 4.97. The summed E-state index contributed by atoms with van der Waals surface area (Å²) in [7, 11) is 0. The zero-order valence-electron chi connectivity index (χ0n) is 72.5. The molecule has 0 spiro atoms. The van der Waals surface area contributed by atoms with Crippen LogP contribution >= 0.6 is 0 Å². The highest BCUT2D eigenvalue weighted by atomic mass is 16.7. The van der Waals surface area contributed by atoms with E-state index in [2.05, 4.69) is 71.6 Å². The first-order valence-electron chi connectivity index (χ1n) is 42.4. The first-order chi connectivity index (χ1) is 60.4. The Labute approximate surface area is 736 Å². The second-order valence-corrected chi connectivity index (χ2v) is 35.3. The number of cyclic esters (lactones) is 5. The van der Waals surface area contributed by atoms with E-state index in [9.17, 15) is 86.3 Å². The summed E-state index contributed by atoms with van der Waals surface area (Å²) in [5.41, 5.74) is 2.10. The minimum Gasteiger partial charge on any atom is -0.465 e. The van der Waals surface area contributed by atoms with E-state index in [4.69, 9.17) is 75.8 Å². The van der Waals surface area contributed by atoms with Gasteiger partial charge in [0.1, 0.15) is 86.0 Å². The molecule has 13 saturated heterocycles. The summed E-state index contributed by atoms with van der Waals surface area (Å²) in [4.78, 5) is 203. The third-order valence-corrected chi connectivity index (χ3v) is 24.9. The van der Waals surface area contributed by atoms with Crippen LogP contribution in [0.15, 0.2) is 97.2 Å². The monoisotopic (exact) mass is 1800 g/mol. The molecule has 0 radical (unpaired) electrons. The van der Waals surface area contributed by atoms with Crippen LogP contribution in [0.4, 0.5) is 0 Å². The van der Waals surface area contributed by atoms with Crippen molar-refractivity contribution in [1.29, 1.82) is 0 Å². The summed E-state index contributed by atoms with van der Waals surface area (Å²) in [5, 5.41) is 0. The van der Waals surface area contributed by atoms with Crippen LogP contribution in [0.2, 0.25) is 0 Å². The fourth-order valence-electron chi connectivity index (χ4n) is 19.1. The molecule has 0 aromatic heterocycles. The van der Waals surface area contributed by atoms with Crippen molar-refractivity contribution < 1.29 is 181 Å². The predicted octanol–water partition coefficient (Wildman–Crippen LogP) is 5.31. The number of hydrogen-bond acceptors (Lipinski definition) is 38. The van der Waals surface area contributed by atoms with E-state index in [0.717, 1.165) is 44.9 Å². The minimum atomic E-state index is -0.728. The lowest BCUT2D eigenvalue weighted by molar-refractivity contribution is -0.169. The number of ether oxygens (including phenoxy) is 20. The first-order valence-corrected chi connectivity index (χ1v) is 42.4. The maximum absolute atomic E-state index is 11.8. The molecule has 19 aliphatic rings. The number of hydrogen-bond donors (Lipinski definition) is 0. The number of carbonyl (C=O) groups is 18. The molecular weight excluding hydrogens is 1690 g/mol. The molecule has 19 rings (SSSR count). The molecule has 12 bridgehead atoms. The van der Waals surface area contributed by atoms with Crippen molar-refractivity contribution in [2.24, 2.45) is 71.0 Å². The van der Waals surface area contributed by atoms with Crippen LogP contribution < -0.4 is 0 Å². The molecule has 0 aromatic carbocycles. The largest absolute Gasteiger partial charge is 0.465 e. The van der Waals surface area contributed by atoms with E-state index in [0.29, 0.717) is 91.6 Å². The summed E-state index contributed by atoms with van der Waals surface area (Å²) >= 11 is 0. The third-order valence-electron chi connectivity index (χ3n) is 24.9. The van der Waals surface area contributed by atoms with Gasteiger partial charge >= 0.3 is 107 Å². The van der Waals surface area contributed by atoms with Gasteiger partial charge in [-0.1, -0.05) is 52.6 Å². The van der Waals surface area contributed by atoms with Crippen LogP contribution in [0.5, 0.6) is 0 Å². The third kappa shape index (κ3) is 23.1. The van der Waals surface area contributed by atoms with Gasteiger partial charge in [0.2, 0.25) is 6.10 Å². The molecule has 38 nitrogen and oxygen atoms in total. The lowest BCUT2D eigenvalue weighted by Crippen LogP contribution is -2.48. The maximum Gasteiger partial charge on any atom is 0.347 e. The molecule has 6 saturated carbocycles. The summed E-state index contributed by atoms with van der Waals surface area (Å²) in [6.45, 7) is 40.8. The average Bonchev–Trinajstić information content (AvgIpc) is 1.59. The molecule has 6 aliphatic carbocycles. The van der Waals surface area contributed by atoms with Crippen molar-refractivity contribution >= 4 is 107 Å². The highest BCUT2D eigenvalue weighted by Gasteiger charge is 2.67. The molecule has 27 unspecified atom stereocenters.